The summed E-state index contributed by atoms with van der Waals surface area (Å²) >= 11 is 0. The number of hydrogen-bond donors (Lipinski definition) is 2. The van der Waals surface area contributed by atoms with Crippen LogP contribution >= 0.6 is 0 Å². The first kappa shape index (κ1) is 20.4. The maximum Gasteiger partial charge on any atom is 0.413 e. The van der Waals surface area contributed by atoms with Crippen molar-refractivity contribution in [3.8, 4) is 11.5 Å². The molecule has 0 bridgehead atoms. The molecule has 1 aromatic carbocycles. The van der Waals surface area contributed by atoms with Crippen molar-refractivity contribution in [1.82, 2.24) is 9.79 Å². The lowest BCUT2D eigenvalue weighted by Gasteiger charge is -2.36. The Morgan fingerprint density at radius 2 is 2.07 bits per heavy atom. The Morgan fingerprint density at radius 3 is 2.76 bits per heavy atom. The van der Waals surface area contributed by atoms with Crippen LogP contribution in [0.1, 0.15) is 0 Å². The van der Waals surface area contributed by atoms with Crippen LogP contribution in [0.3, 0.4) is 0 Å². The topological polar surface area (TPSA) is 128 Å². The first-order valence-electron chi connectivity index (χ1n) is 8.66. The van der Waals surface area contributed by atoms with E-state index >= 15 is 0 Å². The highest BCUT2D eigenvalue weighted by molar-refractivity contribution is 6.23. The number of anilines is 2. The summed E-state index contributed by atoms with van der Waals surface area (Å²) in [7, 11) is 4.71. The van der Waals surface area contributed by atoms with E-state index in [0.717, 1.165) is 0 Å². The number of amides is 1. The Balaban J connectivity index is 1.59. The van der Waals surface area contributed by atoms with Gasteiger partial charge in [-0.25, -0.2) is 9.78 Å². The molecule has 12 heteroatoms. The van der Waals surface area contributed by atoms with Gasteiger partial charge in [0, 0.05) is 39.5 Å². The van der Waals surface area contributed by atoms with Crippen molar-refractivity contribution >= 4 is 30.9 Å². The van der Waals surface area contributed by atoms with Gasteiger partial charge in [0.05, 0.1) is 11.0 Å². The summed E-state index contributed by atoms with van der Waals surface area (Å²) in [5.74, 6) is 0.860. The van der Waals surface area contributed by atoms with Gasteiger partial charge in [0.2, 0.25) is 0 Å². The van der Waals surface area contributed by atoms with E-state index in [9.17, 15) is 14.9 Å². The first-order valence-corrected chi connectivity index (χ1v) is 8.66. The minimum absolute atomic E-state index is 0.110. The Kier molecular flexibility index (Phi) is 6.47. The first-order chi connectivity index (χ1) is 14.0. The summed E-state index contributed by atoms with van der Waals surface area (Å²) in [6.45, 7) is 1.11. The number of nitro groups is 1. The average Bonchev–Trinajstić information content (AvgIpc) is 2.66. The number of benzene rings is 1. The molecule has 2 aromatic rings. The molecule has 11 nitrogen and oxygen atoms in total. The monoisotopic (exact) mass is 400 g/mol. The number of rotatable bonds is 8. The van der Waals surface area contributed by atoms with E-state index in [-0.39, 0.29) is 23.4 Å². The van der Waals surface area contributed by atoms with Gasteiger partial charge in [0.1, 0.15) is 29.1 Å². The predicted octanol–water partition coefficient (Wildman–Crippen LogP) is 2.24. The van der Waals surface area contributed by atoms with Crippen molar-refractivity contribution in [2.24, 2.45) is 0 Å². The second-order valence-electron chi connectivity index (χ2n) is 6.11. The zero-order chi connectivity index (χ0) is 20.8. The number of ether oxygens (including phenoxy) is 2. The molecule has 1 radical (unpaired) electrons. The highest BCUT2D eigenvalue weighted by Crippen LogP contribution is 2.31. The third kappa shape index (κ3) is 5.33. The lowest BCUT2D eigenvalue weighted by Crippen LogP contribution is -2.55. The summed E-state index contributed by atoms with van der Waals surface area (Å²) < 4.78 is 15.8. The van der Waals surface area contributed by atoms with Gasteiger partial charge in [0.25, 0.3) is 5.69 Å². The van der Waals surface area contributed by atoms with Crippen LogP contribution in [0.15, 0.2) is 36.5 Å². The SMILES string of the molecule is CNc1ccc(Oc2ccnc(NC(=O)OC3CN([B]OC)C3)c2)cc1[N+](=O)[O-]. The van der Waals surface area contributed by atoms with Crippen LogP contribution in [0, 0.1) is 10.1 Å². The smallest absolute Gasteiger partial charge is 0.413 e. The van der Waals surface area contributed by atoms with Crippen molar-refractivity contribution in [3.63, 3.8) is 0 Å². The number of nitrogens with one attached hydrogen (secondary N) is 2. The Labute approximate surface area is 167 Å². The van der Waals surface area contributed by atoms with Gasteiger partial charge in [0.15, 0.2) is 0 Å². The fourth-order valence-electron chi connectivity index (χ4n) is 2.68. The second kappa shape index (κ2) is 9.21. The maximum atomic E-state index is 12.0. The van der Waals surface area contributed by atoms with E-state index < -0.39 is 11.0 Å². The number of nitro benzene ring substituents is 1. The van der Waals surface area contributed by atoms with Crippen LogP contribution in [0.25, 0.3) is 0 Å². The number of carbonyl (C=O) groups is 1. The van der Waals surface area contributed by atoms with Crippen LogP contribution in [-0.4, -0.2) is 61.8 Å². The Hall–Kier alpha value is -3.38. The van der Waals surface area contributed by atoms with E-state index in [1.165, 1.54) is 18.3 Å². The zero-order valence-corrected chi connectivity index (χ0v) is 15.8. The van der Waals surface area contributed by atoms with E-state index in [4.69, 9.17) is 14.1 Å². The highest BCUT2D eigenvalue weighted by Gasteiger charge is 2.30. The van der Waals surface area contributed by atoms with Gasteiger partial charge in [-0.1, -0.05) is 0 Å². The molecule has 1 saturated heterocycles. The van der Waals surface area contributed by atoms with Gasteiger partial charge in [-0.05, 0) is 18.2 Å². The second-order valence-corrected chi connectivity index (χ2v) is 6.11. The zero-order valence-electron chi connectivity index (χ0n) is 15.8. The molecule has 29 heavy (non-hydrogen) atoms. The predicted molar refractivity (Wildman–Crippen MR) is 105 cm³/mol. The van der Waals surface area contributed by atoms with Crippen LogP contribution in [0.4, 0.5) is 22.0 Å². The molecular weight excluding hydrogens is 381 g/mol. The van der Waals surface area contributed by atoms with Crippen molar-refractivity contribution in [2.45, 2.75) is 6.10 Å². The molecule has 0 unspecified atom stereocenters. The highest BCUT2D eigenvalue weighted by atomic mass is 16.6. The normalized spacial score (nSPS) is 13.9. The number of carbonyl (C=O) groups excluding carboxylic acids is 1. The van der Waals surface area contributed by atoms with Crippen LogP contribution in [0.5, 0.6) is 11.5 Å². The van der Waals surface area contributed by atoms with E-state index in [1.807, 2.05) is 4.81 Å². The summed E-state index contributed by atoms with van der Waals surface area (Å²) in [5, 5.41) is 16.4. The van der Waals surface area contributed by atoms with Gasteiger partial charge in [-0.3, -0.25) is 15.4 Å². The Morgan fingerprint density at radius 1 is 1.31 bits per heavy atom. The largest absolute Gasteiger partial charge is 0.457 e. The fraction of sp³-hybridized carbons (Fsp3) is 0.294. The molecule has 2 N–H and O–H groups in total. The van der Waals surface area contributed by atoms with Gasteiger partial charge >= 0.3 is 13.7 Å². The molecule has 2 heterocycles. The molecular formula is C17H19BN5O6. The standard InChI is InChI=1S/C17H19BN5O6/c1-19-14-4-3-11(7-15(14)23(25)26)28-12-5-6-20-16(8-12)21-17(24)29-13-9-22(10-13)18-27-2/h3-8,13,19H,9-10H2,1-2H3,(H,20,21,24). The van der Waals surface area contributed by atoms with Crippen LogP contribution < -0.4 is 15.4 Å². The minimum Gasteiger partial charge on any atom is -0.457 e. The van der Waals surface area contributed by atoms with Gasteiger partial charge < -0.3 is 24.3 Å². The quantitative estimate of drug-likeness (QED) is 0.389. The average molecular weight is 400 g/mol. The van der Waals surface area contributed by atoms with E-state index in [2.05, 4.69) is 15.6 Å². The Bertz CT molecular complexity index is 892. The molecule has 1 aliphatic rings. The number of nitrogens with zero attached hydrogens (tertiary/aromatic N) is 3. The molecule has 3 rings (SSSR count). The summed E-state index contributed by atoms with van der Waals surface area (Å²) in [6.07, 6.45) is 0.581. The molecule has 1 aromatic heterocycles. The molecule has 1 fully saturated rings. The van der Waals surface area contributed by atoms with E-state index in [1.54, 1.807) is 40.0 Å². The number of hydrogen-bond acceptors (Lipinski definition) is 9. The molecule has 1 aliphatic heterocycles. The lowest BCUT2D eigenvalue weighted by atomic mass is 10.0. The summed E-state index contributed by atoms with van der Waals surface area (Å²) in [4.78, 5) is 28.6. The number of pyridine rings is 1. The maximum absolute atomic E-state index is 12.0. The third-order valence-electron chi connectivity index (χ3n) is 4.04. The van der Waals surface area contributed by atoms with E-state index in [0.29, 0.717) is 24.5 Å². The minimum atomic E-state index is -0.634. The van der Waals surface area contributed by atoms with Crippen molar-refractivity contribution in [3.05, 3.63) is 46.6 Å². The van der Waals surface area contributed by atoms with Crippen molar-refractivity contribution in [2.75, 3.05) is 37.9 Å². The molecule has 0 atom stereocenters. The van der Waals surface area contributed by atoms with Crippen molar-refractivity contribution < 1.29 is 23.8 Å². The van der Waals surface area contributed by atoms with Gasteiger partial charge in [-0.15, -0.1) is 0 Å². The van der Waals surface area contributed by atoms with Crippen molar-refractivity contribution in [1.29, 1.82) is 0 Å². The fourth-order valence-corrected chi connectivity index (χ4v) is 2.68. The van der Waals surface area contributed by atoms with Crippen LogP contribution in [0.2, 0.25) is 0 Å². The molecule has 151 valence electrons. The molecule has 0 aliphatic carbocycles. The summed E-state index contributed by atoms with van der Waals surface area (Å²) in [6, 6.07) is 7.52. The van der Waals surface area contributed by atoms with Gasteiger partial charge in [-0.2, -0.15) is 0 Å². The molecule has 1 amide bonds. The van der Waals surface area contributed by atoms with Crippen LogP contribution in [-0.2, 0) is 9.39 Å². The molecule has 0 saturated carbocycles. The summed E-state index contributed by atoms with van der Waals surface area (Å²) in [5.41, 5.74) is 0.265. The lowest BCUT2D eigenvalue weighted by molar-refractivity contribution is -0.384. The molecule has 0 spiro atoms. The third-order valence-corrected chi connectivity index (χ3v) is 4.04. The number of aromatic nitrogens is 1.